The van der Waals surface area contributed by atoms with Crippen LogP contribution in [-0.4, -0.2) is 36.6 Å². The minimum absolute atomic E-state index is 0.00824. The van der Waals surface area contributed by atoms with Gasteiger partial charge in [-0.2, -0.15) is 0 Å². The van der Waals surface area contributed by atoms with Crippen LogP contribution in [0.1, 0.15) is 22.0 Å². The van der Waals surface area contributed by atoms with E-state index in [1.807, 2.05) is 0 Å². The second kappa shape index (κ2) is 5.62. The van der Waals surface area contributed by atoms with Gasteiger partial charge in [-0.05, 0) is 38.6 Å². The Labute approximate surface area is 122 Å². The van der Waals surface area contributed by atoms with Crippen LogP contribution in [0.25, 0.3) is 0 Å². The summed E-state index contributed by atoms with van der Waals surface area (Å²) in [5.74, 6) is -0.00962. The highest BCUT2D eigenvalue weighted by Gasteiger charge is 2.17. The van der Waals surface area contributed by atoms with E-state index < -0.39 is 15.9 Å². The van der Waals surface area contributed by atoms with Crippen molar-refractivity contribution < 1.29 is 13.2 Å². The number of amides is 1. The maximum absolute atomic E-state index is 11.9. The number of nitrogens with one attached hydrogen (secondary N) is 3. The standard InChI is InChI=1S/C12H15N5O3S/c1-7-4-5-9(6-10(7)21(19,20)13-3)15-12(18)11-14-8(2)16-17-11/h4-6,13H,1-3H3,(H,15,18)(H,14,16,17). The highest BCUT2D eigenvalue weighted by atomic mass is 32.2. The van der Waals surface area contributed by atoms with E-state index in [0.717, 1.165) is 0 Å². The Balaban J connectivity index is 2.30. The number of aromatic nitrogens is 3. The number of hydrogen-bond acceptors (Lipinski definition) is 5. The van der Waals surface area contributed by atoms with Gasteiger partial charge in [0.1, 0.15) is 5.82 Å². The van der Waals surface area contributed by atoms with Crippen molar-refractivity contribution in [1.82, 2.24) is 19.9 Å². The van der Waals surface area contributed by atoms with E-state index in [1.165, 1.54) is 13.1 Å². The predicted octanol–water partition coefficient (Wildman–Crippen LogP) is 0.582. The predicted molar refractivity (Wildman–Crippen MR) is 76.5 cm³/mol. The lowest BCUT2D eigenvalue weighted by Gasteiger charge is -2.09. The Morgan fingerprint density at radius 1 is 1.29 bits per heavy atom. The van der Waals surface area contributed by atoms with E-state index in [4.69, 9.17) is 0 Å². The Morgan fingerprint density at radius 3 is 2.57 bits per heavy atom. The van der Waals surface area contributed by atoms with Crippen LogP contribution >= 0.6 is 0 Å². The first-order valence-electron chi connectivity index (χ1n) is 6.08. The molecule has 0 aliphatic heterocycles. The Bertz CT molecular complexity index is 782. The van der Waals surface area contributed by atoms with E-state index in [2.05, 4.69) is 25.2 Å². The molecule has 8 nitrogen and oxygen atoms in total. The van der Waals surface area contributed by atoms with Gasteiger partial charge in [0.25, 0.3) is 5.91 Å². The summed E-state index contributed by atoms with van der Waals surface area (Å²) >= 11 is 0. The molecule has 0 saturated heterocycles. The van der Waals surface area contributed by atoms with Crippen LogP contribution in [0.4, 0.5) is 5.69 Å². The molecule has 21 heavy (non-hydrogen) atoms. The highest BCUT2D eigenvalue weighted by Crippen LogP contribution is 2.20. The molecule has 0 bridgehead atoms. The summed E-state index contributed by atoms with van der Waals surface area (Å²) in [6.45, 7) is 3.35. The number of benzene rings is 1. The molecule has 0 saturated carbocycles. The van der Waals surface area contributed by atoms with Gasteiger partial charge in [0.2, 0.25) is 15.8 Å². The van der Waals surface area contributed by atoms with Crippen molar-refractivity contribution in [3.8, 4) is 0 Å². The van der Waals surface area contributed by atoms with Gasteiger partial charge in [-0.25, -0.2) is 18.1 Å². The Morgan fingerprint density at radius 2 is 2.00 bits per heavy atom. The molecule has 1 heterocycles. The Kier molecular flexibility index (Phi) is 4.05. The first kappa shape index (κ1) is 15.1. The SMILES string of the molecule is CNS(=O)(=O)c1cc(NC(=O)c2n[nH]c(C)n2)ccc1C. The molecule has 0 fully saturated rings. The lowest BCUT2D eigenvalue weighted by Crippen LogP contribution is -2.20. The first-order valence-corrected chi connectivity index (χ1v) is 7.56. The van der Waals surface area contributed by atoms with E-state index in [1.54, 1.807) is 26.0 Å². The zero-order chi connectivity index (χ0) is 15.6. The zero-order valence-electron chi connectivity index (χ0n) is 11.8. The van der Waals surface area contributed by atoms with Gasteiger partial charge >= 0.3 is 0 Å². The molecule has 0 unspecified atom stereocenters. The van der Waals surface area contributed by atoms with Crippen molar-refractivity contribution in [2.75, 3.05) is 12.4 Å². The van der Waals surface area contributed by atoms with Crippen LogP contribution in [0, 0.1) is 13.8 Å². The van der Waals surface area contributed by atoms with Crippen LogP contribution in [0.15, 0.2) is 23.1 Å². The van der Waals surface area contributed by atoms with Crippen molar-refractivity contribution >= 4 is 21.6 Å². The quantitative estimate of drug-likeness (QED) is 0.764. The third kappa shape index (κ3) is 3.26. The lowest BCUT2D eigenvalue weighted by atomic mass is 10.2. The molecule has 0 atom stereocenters. The summed E-state index contributed by atoms with van der Waals surface area (Å²) in [5.41, 5.74) is 0.929. The molecule has 112 valence electrons. The number of rotatable bonds is 4. The maximum Gasteiger partial charge on any atom is 0.295 e. The molecule has 1 amide bonds. The number of H-pyrrole nitrogens is 1. The molecule has 9 heteroatoms. The minimum atomic E-state index is -3.59. The third-order valence-electron chi connectivity index (χ3n) is 2.80. The fourth-order valence-electron chi connectivity index (χ4n) is 1.71. The smallest absolute Gasteiger partial charge is 0.295 e. The van der Waals surface area contributed by atoms with Gasteiger partial charge in [0.05, 0.1) is 4.90 Å². The number of carbonyl (C=O) groups is 1. The summed E-state index contributed by atoms with van der Waals surface area (Å²) in [6, 6.07) is 4.61. The lowest BCUT2D eigenvalue weighted by molar-refractivity contribution is 0.101. The van der Waals surface area contributed by atoms with Crippen molar-refractivity contribution in [3.05, 3.63) is 35.4 Å². The summed E-state index contributed by atoms with van der Waals surface area (Å²) < 4.78 is 26.0. The van der Waals surface area contributed by atoms with Crippen LogP contribution in [-0.2, 0) is 10.0 Å². The molecular formula is C12H15N5O3S. The number of nitrogens with zero attached hydrogens (tertiary/aromatic N) is 2. The minimum Gasteiger partial charge on any atom is -0.319 e. The van der Waals surface area contributed by atoms with Gasteiger partial charge in [0, 0.05) is 5.69 Å². The average molecular weight is 309 g/mol. The van der Waals surface area contributed by atoms with E-state index >= 15 is 0 Å². The van der Waals surface area contributed by atoms with E-state index in [9.17, 15) is 13.2 Å². The summed E-state index contributed by atoms with van der Waals surface area (Å²) in [6.07, 6.45) is 0. The average Bonchev–Trinajstić information content (AvgIpc) is 2.87. The van der Waals surface area contributed by atoms with Crippen LogP contribution in [0.3, 0.4) is 0 Å². The van der Waals surface area contributed by atoms with Crippen molar-refractivity contribution in [2.45, 2.75) is 18.7 Å². The van der Waals surface area contributed by atoms with Crippen LogP contribution in [0.5, 0.6) is 0 Å². The fourth-order valence-corrected chi connectivity index (χ4v) is 2.70. The number of anilines is 1. The number of aromatic amines is 1. The molecule has 2 rings (SSSR count). The second-order valence-corrected chi connectivity index (χ2v) is 6.24. The number of carbonyl (C=O) groups excluding carboxylic acids is 1. The van der Waals surface area contributed by atoms with Gasteiger partial charge in [0.15, 0.2) is 0 Å². The van der Waals surface area contributed by atoms with Gasteiger partial charge in [-0.1, -0.05) is 6.07 Å². The summed E-state index contributed by atoms with van der Waals surface area (Å²) in [5, 5.41) is 8.86. The normalized spacial score (nSPS) is 11.4. The molecule has 0 spiro atoms. The number of aryl methyl sites for hydroxylation is 2. The van der Waals surface area contributed by atoms with Crippen molar-refractivity contribution in [2.24, 2.45) is 0 Å². The molecule has 1 aromatic carbocycles. The topological polar surface area (TPSA) is 117 Å². The molecule has 0 aliphatic carbocycles. The second-order valence-electron chi connectivity index (χ2n) is 4.39. The number of hydrogen-bond donors (Lipinski definition) is 3. The van der Waals surface area contributed by atoms with Crippen molar-refractivity contribution in [1.29, 1.82) is 0 Å². The fraction of sp³-hybridized carbons (Fsp3) is 0.250. The summed E-state index contributed by atoms with van der Waals surface area (Å²) in [4.78, 5) is 15.9. The van der Waals surface area contributed by atoms with Crippen LogP contribution < -0.4 is 10.0 Å². The van der Waals surface area contributed by atoms with Gasteiger partial charge in [-0.15, -0.1) is 5.10 Å². The van der Waals surface area contributed by atoms with Gasteiger partial charge in [-0.3, -0.25) is 9.89 Å². The van der Waals surface area contributed by atoms with Crippen molar-refractivity contribution in [3.63, 3.8) is 0 Å². The van der Waals surface area contributed by atoms with Gasteiger partial charge < -0.3 is 5.32 Å². The molecule has 2 aromatic rings. The van der Waals surface area contributed by atoms with Crippen LogP contribution in [0.2, 0.25) is 0 Å². The monoisotopic (exact) mass is 309 g/mol. The number of sulfonamides is 1. The maximum atomic E-state index is 11.9. The van der Waals surface area contributed by atoms with E-state index in [0.29, 0.717) is 17.1 Å². The highest BCUT2D eigenvalue weighted by molar-refractivity contribution is 7.89. The Hall–Kier alpha value is -2.26. The molecule has 3 N–H and O–H groups in total. The summed E-state index contributed by atoms with van der Waals surface area (Å²) in [7, 11) is -2.26. The first-order chi connectivity index (χ1) is 9.83. The zero-order valence-corrected chi connectivity index (χ0v) is 12.6. The molecular weight excluding hydrogens is 294 g/mol. The molecule has 1 aromatic heterocycles. The molecule has 0 aliphatic rings. The largest absolute Gasteiger partial charge is 0.319 e. The van der Waals surface area contributed by atoms with E-state index in [-0.39, 0.29) is 10.7 Å². The third-order valence-corrected chi connectivity index (χ3v) is 4.36. The molecule has 0 radical (unpaired) electrons.